The highest BCUT2D eigenvalue weighted by Gasteiger charge is 2.19. The Morgan fingerprint density at radius 2 is 1.31 bits per heavy atom. The van der Waals surface area contributed by atoms with Gasteiger partial charge in [-0.2, -0.15) is 4.98 Å². The molecular weight excluding hydrogens is 520 g/mol. The molecule has 3 aromatic heterocycles. The number of hydrogen-bond acceptors (Lipinski definition) is 5. The van der Waals surface area contributed by atoms with E-state index in [1.807, 2.05) is 30.3 Å². The Morgan fingerprint density at radius 1 is 0.571 bits per heavy atom. The van der Waals surface area contributed by atoms with Crippen LogP contribution >= 0.6 is 0 Å². The van der Waals surface area contributed by atoms with Gasteiger partial charge in [0.1, 0.15) is 5.75 Å². The summed E-state index contributed by atoms with van der Waals surface area (Å²) >= 11 is 0. The van der Waals surface area contributed by atoms with Gasteiger partial charge in [-0.1, -0.05) is 72.8 Å². The molecule has 6 nitrogen and oxygen atoms in total. The van der Waals surface area contributed by atoms with E-state index in [4.69, 9.17) is 9.47 Å². The van der Waals surface area contributed by atoms with Crippen molar-refractivity contribution in [1.82, 2.24) is 14.5 Å². The van der Waals surface area contributed by atoms with Crippen LogP contribution in [0.1, 0.15) is 11.1 Å². The minimum absolute atomic E-state index is 0.410. The molecule has 0 saturated carbocycles. The molecule has 6 heteroatoms. The molecule has 0 unspecified atom stereocenters. The van der Waals surface area contributed by atoms with E-state index in [0.29, 0.717) is 23.4 Å². The summed E-state index contributed by atoms with van der Waals surface area (Å²) in [5.74, 6) is 1.99. The number of rotatable bonds is 5. The van der Waals surface area contributed by atoms with Gasteiger partial charge in [0, 0.05) is 52.5 Å². The van der Waals surface area contributed by atoms with Crippen LogP contribution in [0.15, 0.2) is 128 Å². The Balaban J connectivity index is 1.24. The highest BCUT2D eigenvalue weighted by Crippen LogP contribution is 2.40. The van der Waals surface area contributed by atoms with Crippen molar-refractivity contribution >= 4 is 45.3 Å². The molecule has 1 aliphatic rings. The maximum Gasteiger partial charge on any atom is 0.224 e. The monoisotopic (exact) mass is 544 g/mol. The van der Waals surface area contributed by atoms with Crippen molar-refractivity contribution < 1.29 is 9.47 Å². The van der Waals surface area contributed by atoms with E-state index in [1.165, 1.54) is 5.39 Å². The van der Waals surface area contributed by atoms with E-state index >= 15 is 0 Å². The van der Waals surface area contributed by atoms with Gasteiger partial charge in [-0.3, -0.25) is 0 Å². The Labute approximate surface area is 242 Å². The molecule has 0 bridgehead atoms. The molecule has 7 aromatic rings. The molecular formula is C36H24N4O2. The van der Waals surface area contributed by atoms with Crippen LogP contribution in [0, 0.1) is 0 Å². The fraction of sp³-hybridized carbons (Fsp3) is 0. The highest BCUT2D eigenvalue weighted by atomic mass is 16.5. The first kappa shape index (κ1) is 24.0. The SMILES string of the molecule is C1=Cc2cccc(-n3c4ccccc4c4ccc(Oc5cccc(Oc6ccccn6)n5)cc43)c2Nc2ccccc21. The second-order valence-corrected chi connectivity index (χ2v) is 10.0. The van der Waals surface area contributed by atoms with E-state index in [0.717, 1.165) is 44.6 Å². The zero-order valence-corrected chi connectivity index (χ0v) is 22.4. The molecule has 1 aliphatic heterocycles. The number of pyridine rings is 2. The molecule has 0 radical (unpaired) electrons. The van der Waals surface area contributed by atoms with Crippen molar-refractivity contribution in [2.24, 2.45) is 0 Å². The molecule has 4 aromatic carbocycles. The van der Waals surface area contributed by atoms with E-state index in [2.05, 4.69) is 111 Å². The van der Waals surface area contributed by atoms with Crippen LogP contribution in [-0.4, -0.2) is 14.5 Å². The van der Waals surface area contributed by atoms with E-state index in [-0.39, 0.29) is 0 Å². The number of nitrogens with zero attached hydrogens (tertiary/aromatic N) is 3. The predicted octanol–water partition coefficient (Wildman–Crippen LogP) is 9.39. The molecule has 4 heterocycles. The summed E-state index contributed by atoms with van der Waals surface area (Å²) in [6, 6.07) is 40.4. The normalized spacial score (nSPS) is 11.9. The van der Waals surface area contributed by atoms with Gasteiger partial charge < -0.3 is 19.4 Å². The second kappa shape index (κ2) is 9.94. The third-order valence-electron chi connectivity index (χ3n) is 7.39. The van der Waals surface area contributed by atoms with Gasteiger partial charge in [0.05, 0.1) is 22.4 Å². The lowest BCUT2D eigenvalue weighted by Gasteiger charge is -2.17. The number of fused-ring (bicyclic) bond motifs is 5. The smallest absolute Gasteiger partial charge is 0.224 e. The van der Waals surface area contributed by atoms with E-state index < -0.39 is 0 Å². The van der Waals surface area contributed by atoms with Crippen LogP contribution in [0.5, 0.6) is 23.4 Å². The minimum Gasteiger partial charge on any atom is -0.439 e. The number of anilines is 2. The van der Waals surface area contributed by atoms with E-state index in [9.17, 15) is 0 Å². The van der Waals surface area contributed by atoms with Gasteiger partial charge in [-0.05, 0) is 42.0 Å². The fourth-order valence-electron chi connectivity index (χ4n) is 5.51. The zero-order chi connectivity index (χ0) is 27.9. The van der Waals surface area contributed by atoms with Gasteiger partial charge in [0.25, 0.3) is 0 Å². The Morgan fingerprint density at radius 3 is 2.24 bits per heavy atom. The summed E-state index contributed by atoms with van der Waals surface area (Å²) < 4.78 is 14.4. The van der Waals surface area contributed by atoms with Gasteiger partial charge >= 0.3 is 0 Å². The lowest BCUT2D eigenvalue weighted by atomic mass is 10.1. The molecule has 0 aliphatic carbocycles. The van der Waals surface area contributed by atoms with Crippen LogP contribution in [0.25, 0.3) is 39.6 Å². The summed E-state index contributed by atoms with van der Waals surface area (Å²) in [4.78, 5) is 8.76. The summed E-state index contributed by atoms with van der Waals surface area (Å²) in [5, 5.41) is 6.04. The molecule has 1 N–H and O–H groups in total. The first-order chi connectivity index (χ1) is 20.8. The van der Waals surface area contributed by atoms with E-state index in [1.54, 1.807) is 18.3 Å². The first-order valence-electron chi connectivity index (χ1n) is 13.7. The molecule has 0 atom stereocenters. The number of para-hydroxylation sites is 3. The van der Waals surface area contributed by atoms with Gasteiger partial charge in [0.15, 0.2) is 0 Å². The largest absolute Gasteiger partial charge is 0.439 e. The summed E-state index contributed by atoms with van der Waals surface area (Å²) in [6.07, 6.45) is 6.01. The highest BCUT2D eigenvalue weighted by molar-refractivity contribution is 6.10. The van der Waals surface area contributed by atoms with Crippen molar-refractivity contribution in [3.05, 3.63) is 139 Å². The standard InChI is InChI=1S/C36H24N4O2/c1-3-12-29-24(9-1)18-19-25-10-7-14-31(36(25)38-29)40-30-13-4-2-11-27(30)28-21-20-26(23-32(28)40)41-34-16-8-17-35(39-34)42-33-15-5-6-22-37-33/h1-23,38H. The number of nitrogens with one attached hydrogen (secondary N) is 1. The zero-order valence-electron chi connectivity index (χ0n) is 22.4. The molecule has 0 amide bonds. The summed E-state index contributed by atoms with van der Waals surface area (Å²) in [5.41, 5.74) is 7.60. The fourth-order valence-corrected chi connectivity index (χ4v) is 5.51. The first-order valence-corrected chi connectivity index (χ1v) is 13.7. The van der Waals surface area contributed by atoms with Crippen molar-refractivity contribution in [2.75, 3.05) is 5.32 Å². The van der Waals surface area contributed by atoms with Gasteiger partial charge in [-0.15, -0.1) is 0 Å². The number of hydrogen-bond donors (Lipinski definition) is 1. The third-order valence-corrected chi connectivity index (χ3v) is 7.39. The molecule has 0 spiro atoms. The predicted molar refractivity (Wildman–Crippen MR) is 168 cm³/mol. The summed E-state index contributed by atoms with van der Waals surface area (Å²) in [6.45, 7) is 0. The topological polar surface area (TPSA) is 61.2 Å². The lowest BCUT2D eigenvalue weighted by molar-refractivity contribution is 0.417. The number of ether oxygens (including phenoxy) is 2. The average Bonchev–Trinajstić information content (AvgIpc) is 3.21. The molecule has 0 fully saturated rings. The van der Waals surface area contributed by atoms with Crippen molar-refractivity contribution in [2.45, 2.75) is 0 Å². The molecule has 42 heavy (non-hydrogen) atoms. The quantitative estimate of drug-likeness (QED) is 0.234. The number of aromatic nitrogens is 3. The molecule has 0 saturated heterocycles. The van der Waals surface area contributed by atoms with Crippen LogP contribution in [-0.2, 0) is 0 Å². The van der Waals surface area contributed by atoms with Crippen LogP contribution < -0.4 is 14.8 Å². The lowest BCUT2D eigenvalue weighted by Crippen LogP contribution is -2.02. The number of benzene rings is 4. The van der Waals surface area contributed by atoms with Crippen LogP contribution in [0.3, 0.4) is 0 Å². The van der Waals surface area contributed by atoms with Crippen molar-refractivity contribution in [3.63, 3.8) is 0 Å². The Kier molecular flexibility index (Phi) is 5.67. The molecule has 200 valence electrons. The maximum atomic E-state index is 6.28. The third kappa shape index (κ3) is 4.22. The van der Waals surface area contributed by atoms with Gasteiger partial charge in [-0.25, -0.2) is 4.98 Å². The van der Waals surface area contributed by atoms with Crippen LogP contribution in [0.2, 0.25) is 0 Å². The Bertz CT molecular complexity index is 2130. The van der Waals surface area contributed by atoms with Gasteiger partial charge in [0.2, 0.25) is 17.6 Å². The van der Waals surface area contributed by atoms with Crippen molar-refractivity contribution in [1.29, 1.82) is 0 Å². The second-order valence-electron chi connectivity index (χ2n) is 10.0. The summed E-state index contributed by atoms with van der Waals surface area (Å²) in [7, 11) is 0. The Hall–Kier alpha value is -5.88. The van der Waals surface area contributed by atoms with Crippen LogP contribution in [0.4, 0.5) is 11.4 Å². The minimum atomic E-state index is 0.410. The molecule has 8 rings (SSSR count). The maximum absolute atomic E-state index is 6.28. The average molecular weight is 545 g/mol. The van der Waals surface area contributed by atoms with Crippen molar-refractivity contribution in [3.8, 4) is 29.1 Å².